The molecule has 0 aromatic heterocycles. The van der Waals surface area contributed by atoms with Gasteiger partial charge in [-0.25, -0.2) is 0 Å². The van der Waals surface area contributed by atoms with Crippen LogP contribution in [0.15, 0.2) is 54.6 Å². The summed E-state index contributed by atoms with van der Waals surface area (Å²) in [6.07, 6.45) is 4.54. The van der Waals surface area contributed by atoms with Crippen LogP contribution in [0.3, 0.4) is 0 Å². The van der Waals surface area contributed by atoms with Crippen LogP contribution in [0.5, 0.6) is 0 Å². The molecule has 2 aliphatic rings. The van der Waals surface area contributed by atoms with Crippen LogP contribution >= 0.6 is 23.2 Å². The summed E-state index contributed by atoms with van der Waals surface area (Å²) >= 11 is 12.5. The molecule has 1 aliphatic heterocycles. The Balaban J connectivity index is 1.35. The highest BCUT2D eigenvalue weighted by atomic mass is 35.5. The summed E-state index contributed by atoms with van der Waals surface area (Å²) in [4.78, 5) is 28.6. The fourth-order valence-corrected chi connectivity index (χ4v) is 4.72. The van der Waals surface area contributed by atoms with E-state index >= 15 is 0 Å². The maximum Gasteiger partial charge on any atom is 0.307 e. The molecule has 2 aromatic carbocycles. The highest BCUT2D eigenvalue weighted by Gasteiger charge is 2.34. The molecule has 1 heterocycles. The number of carbonyl (C=O) groups is 2. The molecule has 6 nitrogen and oxygen atoms in total. The van der Waals surface area contributed by atoms with Crippen molar-refractivity contribution in [3.8, 4) is 0 Å². The molecule has 2 atom stereocenters. The van der Waals surface area contributed by atoms with E-state index in [1.165, 1.54) is 0 Å². The van der Waals surface area contributed by atoms with E-state index < -0.39 is 17.8 Å². The predicted molar refractivity (Wildman–Crippen MR) is 129 cm³/mol. The van der Waals surface area contributed by atoms with Crippen molar-refractivity contribution in [3.05, 3.63) is 64.7 Å². The van der Waals surface area contributed by atoms with Gasteiger partial charge in [0.1, 0.15) is 0 Å². The van der Waals surface area contributed by atoms with Crippen LogP contribution < -0.4 is 15.1 Å². The normalized spacial score (nSPS) is 20.8. The number of aliphatic carboxylic acids is 1. The van der Waals surface area contributed by atoms with Gasteiger partial charge < -0.3 is 20.2 Å². The Morgan fingerprint density at radius 1 is 0.875 bits per heavy atom. The SMILES string of the molecule is O=C(O)C1CC=CCC1C(=O)Nc1ccc(N2CCN(c3cccc(Cl)c3Cl)CC2)cc1. The molecule has 1 fully saturated rings. The Labute approximate surface area is 197 Å². The van der Waals surface area contributed by atoms with Crippen LogP contribution in [-0.2, 0) is 9.59 Å². The molecular formula is C24H25Cl2N3O3. The van der Waals surface area contributed by atoms with Crippen LogP contribution in [0.4, 0.5) is 17.1 Å². The first-order valence-corrected chi connectivity index (χ1v) is 11.4. The molecule has 0 radical (unpaired) electrons. The zero-order valence-electron chi connectivity index (χ0n) is 17.5. The Kier molecular flexibility index (Phi) is 6.92. The number of hydrogen-bond donors (Lipinski definition) is 2. The lowest BCUT2D eigenvalue weighted by atomic mass is 9.82. The number of allylic oxidation sites excluding steroid dienone is 2. The molecule has 0 spiro atoms. The maximum absolute atomic E-state index is 12.6. The number of benzene rings is 2. The van der Waals surface area contributed by atoms with Gasteiger partial charge in [0.25, 0.3) is 0 Å². The summed E-state index contributed by atoms with van der Waals surface area (Å²) in [7, 11) is 0. The van der Waals surface area contributed by atoms with Gasteiger partial charge in [-0.05, 0) is 49.2 Å². The minimum atomic E-state index is -0.928. The van der Waals surface area contributed by atoms with Crippen molar-refractivity contribution in [1.29, 1.82) is 0 Å². The lowest BCUT2D eigenvalue weighted by Crippen LogP contribution is -2.46. The van der Waals surface area contributed by atoms with Gasteiger partial charge in [0.15, 0.2) is 0 Å². The predicted octanol–water partition coefficient (Wildman–Crippen LogP) is 4.93. The summed E-state index contributed by atoms with van der Waals surface area (Å²) in [6.45, 7) is 3.32. The van der Waals surface area contributed by atoms with E-state index in [1.807, 2.05) is 48.6 Å². The molecule has 168 valence electrons. The third-order valence-electron chi connectivity index (χ3n) is 6.14. The first-order chi connectivity index (χ1) is 15.4. The third-order valence-corrected chi connectivity index (χ3v) is 6.95. The van der Waals surface area contributed by atoms with Gasteiger partial charge in [0.05, 0.1) is 27.6 Å². The van der Waals surface area contributed by atoms with Gasteiger partial charge in [-0.2, -0.15) is 0 Å². The number of hydrogen-bond acceptors (Lipinski definition) is 4. The van der Waals surface area contributed by atoms with Crippen molar-refractivity contribution >= 4 is 52.1 Å². The molecule has 1 aliphatic carbocycles. The average Bonchev–Trinajstić information content (AvgIpc) is 2.81. The van der Waals surface area contributed by atoms with Gasteiger partial charge in [0, 0.05) is 37.6 Å². The standard InChI is InChI=1S/C24H25Cl2N3O3/c25-20-6-3-7-21(22(20)26)29-14-12-28(13-15-29)17-10-8-16(9-11-17)27-23(30)18-4-1-2-5-19(18)24(31)32/h1-3,6-11,18-19H,4-5,12-15H2,(H,27,30)(H,31,32). The Morgan fingerprint density at radius 3 is 2.16 bits per heavy atom. The zero-order valence-corrected chi connectivity index (χ0v) is 19.0. The molecule has 1 amide bonds. The van der Waals surface area contributed by atoms with E-state index in [-0.39, 0.29) is 5.91 Å². The molecule has 8 heteroatoms. The molecule has 2 unspecified atom stereocenters. The number of nitrogens with zero attached hydrogens (tertiary/aromatic N) is 2. The van der Waals surface area contributed by atoms with Gasteiger partial charge >= 0.3 is 5.97 Å². The molecule has 32 heavy (non-hydrogen) atoms. The second-order valence-corrected chi connectivity index (χ2v) is 8.86. The Bertz CT molecular complexity index is 1020. The minimum absolute atomic E-state index is 0.249. The zero-order chi connectivity index (χ0) is 22.7. The number of piperazine rings is 1. The van der Waals surface area contributed by atoms with E-state index in [4.69, 9.17) is 23.2 Å². The lowest BCUT2D eigenvalue weighted by molar-refractivity contribution is -0.146. The van der Waals surface area contributed by atoms with Crippen molar-refractivity contribution in [2.75, 3.05) is 41.3 Å². The first kappa shape index (κ1) is 22.5. The molecular weight excluding hydrogens is 449 g/mol. The quantitative estimate of drug-likeness (QED) is 0.602. The number of amides is 1. The van der Waals surface area contributed by atoms with Crippen LogP contribution in [0.1, 0.15) is 12.8 Å². The molecule has 1 saturated heterocycles. The summed E-state index contributed by atoms with van der Waals surface area (Å²) in [5.41, 5.74) is 2.69. The van der Waals surface area contributed by atoms with Crippen molar-refractivity contribution in [2.24, 2.45) is 11.8 Å². The number of rotatable bonds is 5. The monoisotopic (exact) mass is 473 g/mol. The number of carbonyl (C=O) groups excluding carboxylic acids is 1. The van der Waals surface area contributed by atoms with E-state index in [0.717, 1.165) is 37.6 Å². The van der Waals surface area contributed by atoms with Crippen molar-refractivity contribution in [1.82, 2.24) is 0 Å². The number of anilines is 3. The number of halogens is 2. The fourth-order valence-electron chi connectivity index (χ4n) is 4.31. The largest absolute Gasteiger partial charge is 0.481 e. The topological polar surface area (TPSA) is 72.9 Å². The van der Waals surface area contributed by atoms with E-state index in [2.05, 4.69) is 15.1 Å². The maximum atomic E-state index is 12.6. The first-order valence-electron chi connectivity index (χ1n) is 10.7. The Hall–Kier alpha value is -2.70. The summed E-state index contributed by atoms with van der Waals surface area (Å²) in [6, 6.07) is 13.4. The van der Waals surface area contributed by atoms with Gasteiger partial charge in [0.2, 0.25) is 5.91 Å². The van der Waals surface area contributed by atoms with Crippen molar-refractivity contribution in [2.45, 2.75) is 12.8 Å². The minimum Gasteiger partial charge on any atom is -0.481 e. The molecule has 0 saturated carbocycles. The van der Waals surface area contributed by atoms with Gasteiger partial charge in [-0.15, -0.1) is 0 Å². The van der Waals surface area contributed by atoms with Crippen LogP contribution in [0.2, 0.25) is 10.0 Å². The second-order valence-electron chi connectivity index (χ2n) is 8.08. The summed E-state index contributed by atoms with van der Waals surface area (Å²) < 4.78 is 0. The van der Waals surface area contributed by atoms with E-state index in [9.17, 15) is 14.7 Å². The van der Waals surface area contributed by atoms with Crippen molar-refractivity contribution in [3.63, 3.8) is 0 Å². The molecule has 4 rings (SSSR count). The average molecular weight is 474 g/mol. The molecule has 2 N–H and O–H groups in total. The highest BCUT2D eigenvalue weighted by molar-refractivity contribution is 6.43. The van der Waals surface area contributed by atoms with Crippen LogP contribution in [-0.4, -0.2) is 43.2 Å². The van der Waals surface area contributed by atoms with Crippen LogP contribution in [0, 0.1) is 11.8 Å². The van der Waals surface area contributed by atoms with Gasteiger partial charge in [-0.3, -0.25) is 9.59 Å². The highest BCUT2D eigenvalue weighted by Crippen LogP contribution is 2.33. The van der Waals surface area contributed by atoms with E-state index in [1.54, 1.807) is 6.07 Å². The second kappa shape index (κ2) is 9.84. The summed E-state index contributed by atoms with van der Waals surface area (Å²) in [5, 5.41) is 13.4. The third kappa shape index (κ3) is 4.87. The van der Waals surface area contributed by atoms with Gasteiger partial charge in [-0.1, -0.05) is 41.4 Å². The molecule has 0 bridgehead atoms. The fraction of sp³-hybridized carbons (Fsp3) is 0.333. The number of nitrogens with one attached hydrogen (secondary N) is 1. The number of carboxylic acid groups (broad SMARTS) is 1. The smallest absolute Gasteiger partial charge is 0.307 e. The summed E-state index contributed by atoms with van der Waals surface area (Å²) in [5.74, 6) is -2.41. The van der Waals surface area contributed by atoms with Crippen molar-refractivity contribution < 1.29 is 14.7 Å². The van der Waals surface area contributed by atoms with Crippen LogP contribution in [0.25, 0.3) is 0 Å². The molecule has 2 aromatic rings. The Morgan fingerprint density at radius 2 is 1.50 bits per heavy atom. The van der Waals surface area contributed by atoms with E-state index in [0.29, 0.717) is 28.6 Å². The lowest BCUT2D eigenvalue weighted by Gasteiger charge is -2.37. The number of carboxylic acids is 1.